The molecule has 128 valence electrons. The van der Waals surface area contributed by atoms with Gasteiger partial charge in [-0.05, 0) is 24.3 Å². The molecule has 0 saturated carbocycles. The van der Waals surface area contributed by atoms with Gasteiger partial charge in [-0.1, -0.05) is 46.3 Å². The van der Waals surface area contributed by atoms with Gasteiger partial charge >= 0.3 is 6.18 Å². The number of benzene rings is 2. The summed E-state index contributed by atoms with van der Waals surface area (Å²) in [5.41, 5.74) is -0.248. The largest absolute Gasteiger partial charge is 0.435 e. The Hall–Kier alpha value is -2.19. The van der Waals surface area contributed by atoms with E-state index in [2.05, 4.69) is 26.2 Å². The molecule has 0 spiro atoms. The first kappa shape index (κ1) is 17.6. The fourth-order valence-corrected chi connectivity index (χ4v) is 3.34. The van der Waals surface area contributed by atoms with E-state index in [-0.39, 0.29) is 5.01 Å². The highest BCUT2D eigenvalue weighted by Gasteiger charge is 2.39. The lowest BCUT2D eigenvalue weighted by Crippen LogP contribution is -2.17. The molecule has 0 aliphatic carbocycles. The smallest absolute Gasteiger partial charge is 0.321 e. The number of alkyl halides is 3. The maximum absolute atomic E-state index is 13.3. The monoisotopic (exact) mass is 426 g/mol. The second-order valence-corrected chi connectivity index (χ2v) is 6.94. The van der Waals surface area contributed by atoms with E-state index < -0.39 is 22.7 Å². The average molecular weight is 427 g/mol. The molecule has 0 aliphatic heterocycles. The molecular weight excluding hydrogens is 417 g/mol. The predicted molar refractivity (Wildman–Crippen MR) is 94.6 cm³/mol. The van der Waals surface area contributed by atoms with E-state index in [4.69, 9.17) is 0 Å². The topological polar surface area (TPSA) is 42.0 Å². The summed E-state index contributed by atoms with van der Waals surface area (Å²) < 4.78 is 40.7. The number of carbonyl (C=O) groups excluding carboxylic acids is 1. The van der Waals surface area contributed by atoms with Crippen LogP contribution in [-0.2, 0) is 6.18 Å². The molecule has 0 unspecified atom stereocenters. The van der Waals surface area contributed by atoms with Crippen molar-refractivity contribution in [3.05, 3.63) is 69.6 Å². The number of rotatable bonds is 3. The minimum Gasteiger partial charge on any atom is -0.321 e. The number of amides is 1. The number of carbonyl (C=O) groups is 1. The van der Waals surface area contributed by atoms with Crippen molar-refractivity contribution in [3.8, 4) is 10.6 Å². The molecule has 25 heavy (non-hydrogen) atoms. The highest BCUT2D eigenvalue weighted by atomic mass is 79.9. The minimum atomic E-state index is -4.71. The van der Waals surface area contributed by atoms with E-state index in [9.17, 15) is 18.0 Å². The van der Waals surface area contributed by atoms with Crippen LogP contribution in [0.25, 0.3) is 10.6 Å². The minimum absolute atomic E-state index is 0.147. The molecule has 0 atom stereocenters. The van der Waals surface area contributed by atoms with E-state index >= 15 is 0 Å². The van der Waals surface area contributed by atoms with Gasteiger partial charge in [0.05, 0.1) is 0 Å². The van der Waals surface area contributed by atoms with Crippen LogP contribution in [0.3, 0.4) is 0 Å². The van der Waals surface area contributed by atoms with Crippen LogP contribution in [0, 0.1) is 0 Å². The van der Waals surface area contributed by atoms with Gasteiger partial charge in [-0.3, -0.25) is 4.79 Å². The van der Waals surface area contributed by atoms with Gasteiger partial charge in [0.15, 0.2) is 5.69 Å². The van der Waals surface area contributed by atoms with Gasteiger partial charge in [-0.2, -0.15) is 13.2 Å². The van der Waals surface area contributed by atoms with Crippen LogP contribution in [0.1, 0.15) is 15.4 Å². The lowest BCUT2D eigenvalue weighted by atomic mass is 10.2. The van der Waals surface area contributed by atoms with Crippen molar-refractivity contribution in [1.82, 2.24) is 4.98 Å². The summed E-state index contributed by atoms with van der Waals surface area (Å²) in [6, 6.07) is 15.0. The molecule has 1 N–H and O–H groups in total. The molecule has 0 aliphatic rings. The number of thiazole rings is 1. The fourth-order valence-electron chi connectivity index (χ4n) is 2.09. The van der Waals surface area contributed by atoms with Gasteiger partial charge in [-0.25, -0.2) is 4.98 Å². The Morgan fingerprint density at radius 1 is 1.04 bits per heavy atom. The number of anilines is 1. The number of nitrogens with one attached hydrogen (secondary N) is 1. The lowest BCUT2D eigenvalue weighted by molar-refractivity contribution is -0.140. The SMILES string of the molecule is O=C(Nc1ccc(Br)cc1)c1sc(-c2ccccc2)nc1C(F)(F)F. The molecule has 1 heterocycles. The van der Waals surface area contributed by atoms with E-state index in [0.29, 0.717) is 11.3 Å². The van der Waals surface area contributed by atoms with Crippen molar-refractivity contribution in [1.29, 1.82) is 0 Å². The summed E-state index contributed by atoms with van der Waals surface area (Å²) >= 11 is 3.97. The highest BCUT2D eigenvalue weighted by Crippen LogP contribution is 2.38. The van der Waals surface area contributed by atoms with Crippen LogP contribution in [0.2, 0.25) is 0 Å². The van der Waals surface area contributed by atoms with Crippen molar-refractivity contribution in [2.75, 3.05) is 5.32 Å². The van der Waals surface area contributed by atoms with Gasteiger partial charge in [-0.15, -0.1) is 11.3 Å². The molecule has 0 saturated heterocycles. The first-order chi connectivity index (χ1) is 11.8. The lowest BCUT2D eigenvalue weighted by Gasteiger charge is -2.07. The van der Waals surface area contributed by atoms with Gasteiger partial charge in [0.25, 0.3) is 5.91 Å². The molecule has 0 radical (unpaired) electrons. The average Bonchev–Trinajstić information content (AvgIpc) is 3.04. The molecule has 0 bridgehead atoms. The molecule has 1 aromatic heterocycles. The zero-order chi connectivity index (χ0) is 18.0. The number of halogens is 4. The van der Waals surface area contributed by atoms with Crippen LogP contribution in [0.4, 0.5) is 18.9 Å². The zero-order valence-corrected chi connectivity index (χ0v) is 14.9. The van der Waals surface area contributed by atoms with Crippen LogP contribution < -0.4 is 5.32 Å². The van der Waals surface area contributed by atoms with Crippen molar-refractivity contribution < 1.29 is 18.0 Å². The Morgan fingerprint density at radius 3 is 2.28 bits per heavy atom. The van der Waals surface area contributed by atoms with Gasteiger partial charge in [0.2, 0.25) is 0 Å². The maximum Gasteiger partial charge on any atom is 0.435 e. The van der Waals surface area contributed by atoms with Crippen molar-refractivity contribution >= 4 is 38.9 Å². The zero-order valence-electron chi connectivity index (χ0n) is 12.5. The molecule has 1 amide bonds. The van der Waals surface area contributed by atoms with E-state index in [1.165, 1.54) is 0 Å². The molecule has 0 fully saturated rings. The van der Waals surface area contributed by atoms with E-state index in [1.54, 1.807) is 54.6 Å². The second kappa shape index (κ2) is 6.97. The first-order valence-corrected chi connectivity index (χ1v) is 8.66. The molecule has 2 aromatic carbocycles. The Morgan fingerprint density at radius 2 is 1.68 bits per heavy atom. The number of hydrogen-bond acceptors (Lipinski definition) is 3. The van der Waals surface area contributed by atoms with Crippen LogP contribution in [0.15, 0.2) is 59.1 Å². The summed E-state index contributed by atoms with van der Waals surface area (Å²) in [6.45, 7) is 0. The molecule has 8 heteroatoms. The van der Waals surface area contributed by atoms with Crippen molar-refractivity contribution in [2.45, 2.75) is 6.18 Å². The Kier molecular flexibility index (Phi) is 4.91. The van der Waals surface area contributed by atoms with Crippen LogP contribution >= 0.6 is 27.3 Å². The summed E-state index contributed by atoms with van der Waals surface area (Å²) in [6.07, 6.45) is -4.71. The van der Waals surface area contributed by atoms with Crippen molar-refractivity contribution in [3.63, 3.8) is 0 Å². The third-order valence-corrected chi connectivity index (χ3v) is 4.86. The summed E-state index contributed by atoms with van der Waals surface area (Å²) in [5.74, 6) is -0.839. The van der Waals surface area contributed by atoms with E-state index in [1.807, 2.05) is 0 Å². The Bertz CT molecular complexity index is 893. The maximum atomic E-state index is 13.3. The first-order valence-electron chi connectivity index (χ1n) is 7.05. The van der Waals surface area contributed by atoms with E-state index in [0.717, 1.165) is 15.8 Å². The Labute approximate surface area is 153 Å². The fraction of sp³-hybridized carbons (Fsp3) is 0.0588. The van der Waals surface area contributed by atoms with Crippen molar-refractivity contribution in [2.24, 2.45) is 0 Å². The van der Waals surface area contributed by atoms with Crippen LogP contribution in [-0.4, -0.2) is 10.9 Å². The van der Waals surface area contributed by atoms with Gasteiger partial charge in [0.1, 0.15) is 9.88 Å². The van der Waals surface area contributed by atoms with Gasteiger partial charge in [0, 0.05) is 15.7 Å². The highest BCUT2D eigenvalue weighted by molar-refractivity contribution is 9.10. The number of aromatic nitrogens is 1. The molecular formula is C17H10BrF3N2OS. The Balaban J connectivity index is 1.97. The molecule has 3 rings (SSSR count). The normalized spacial score (nSPS) is 11.4. The predicted octanol–water partition coefficient (Wildman–Crippen LogP) is 5.84. The summed E-state index contributed by atoms with van der Waals surface area (Å²) in [4.78, 5) is 15.5. The molecule has 3 aromatic rings. The van der Waals surface area contributed by atoms with Crippen LogP contribution in [0.5, 0.6) is 0 Å². The number of nitrogens with zero attached hydrogens (tertiary/aromatic N) is 1. The summed E-state index contributed by atoms with van der Waals surface area (Å²) in [5, 5.41) is 2.62. The van der Waals surface area contributed by atoms with Gasteiger partial charge < -0.3 is 5.32 Å². The quantitative estimate of drug-likeness (QED) is 0.571. The standard InChI is InChI=1S/C17H10BrF3N2OS/c18-11-6-8-12(9-7-11)22-15(24)13-14(17(19,20)21)23-16(25-13)10-4-2-1-3-5-10/h1-9H,(H,22,24). The number of hydrogen-bond donors (Lipinski definition) is 1. The second-order valence-electron chi connectivity index (χ2n) is 5.02. The molecule has 3 nitrogen and oxygen atoms in total. The summed E-state index contributed by atoms with van der Waals surface area (Å²) in [7, 11) is 0. The third-order valence-electron chi connectivity index (χ3n) is 3.22. The third kappa shape index (κ3) is 4.08.